The monoisotopic (exact) mass is 416 g/mol. The summed E-state index contributed by atoms with van der Waals surface area (Å²) in [5, 5.41) is 15.6. The van der Waals surface area contributed by atoms with Gasteiger partial charge in [0.25, 0.3) is 5.82 Å². The van der Waals surface area contributed by atoms with Crippen LogP contribution in [0.4, 0.5) is 5.82 Å². The number of aromatic amines is 1. The van der Waals surface area contributed by atoms with E-state index in [1.165, 1.54) is 0 Å². The summed E-state index contributed by atoms with van der Waals surface area (Å²) in [6.45, 7) is 3.95. The molecule has 0 saturated carbocycles. The summed E-state index contributed by atoms with van der Waals surface area (Å²) in [5.41, 5.74) is 4.18. The zero-order chi connectivity index (χ0) is 22.0. The van der Waals surface area contributed by atoms with E-state index in [4.69, 9.17) is 9.47 Å². The summed E-state index contributed by atoms with van der Waals surface area (Å²) in [5.74, 6) is 2.25. The molecule has 0 fully saturated rings. The third-order valence-corrected chi connectivity index (χ3v) is 5.31. The highest BCUT2D eigenvalue weighted by atomic mass is 16.5. The Hall–Kier alpha value is -3.80. The van der Waals surface area contributed by atoms with Gasteiger partial charge < -0.3 is 14.6 Å². The van der Waals surface area contributed by atoms with Gasteiger partial charge in [-0.3, -0.25) is 5.32 Å². The first-order valence-corrected chi connectivity index (χ1v) is 10.1. The van der Waals surface area contributed by atoms with Crippen molar-refractivity contribution in [2.24, 2.45) is 0 Å². The van der Waals surface area contributed by atoms with E-state index in [-0.39, 0.29) is 11.8 Å². The van der Waals surface area contributed by atoms with Crippen LogP contribution in [0.25, 0.3) is 10.9 Å². The number of phenols is 1. The minimum Gasteiger partial charge on any atom is -0.505 e. The lowest BCUT2D eigenvalue weighted by atomic mass is 9.95. The number of rotatable bonds is 6. The molecule has 0 spiro atoms. The lowest BCUT2D eigenvalue weighted by Crippen LogP contribution is -2.19. The number of phenolic OH excluding ortho intramolecular Hbond substituents is 1. The molecule has 1 atom stereocenters. The van der Waals surface area contributed by atoms with Crippen LogP contribution >= 0.6 is 0 Å². The summed E-state index contributed by atoms with van der Waals surface area (Å²) in [7, 11) is 3.22. The Morgan fingerprint density at radius 1 is 0.935 bits per heavy atom. The Kier molecular flexibility index (Phi) is 5.62. The number of methoxy groups -OCH3 is 2. The number of nitrogens with zero attached hydrogens (tertiary/aromatic N) is 1. The van der Waals surface area contributed by atoms with Crippen LogP contribution in [0.1, 0.15) is 28.4 Å². The number of aromatic nitrogens is 2. The van der Waals surface area contributed by atoms with Gasteiger partial charge in [-0.2, -0.15) is 0 Å². The molecular formula is C25H26N3O3+. The van der Waals surface area contributed by atoms with Gasteiger partial charge in [0.05, 0.1) is 20.4 Å². The predicted octanol–water partition coefficient (Wildman–Crippen LogP) is 4.59. The molecule has 0 amide bonds. The van der Waals surface area contributed by atoms with Crippen LogP contribution in [0.5, 0.6) is 17.2 Å². The molecule has 0 bridgehead atoms. The average molecular weight is 417 g/mol. The molecule has 2 aromatic carbocycles. The zero-order valence-electron chi connectivity index (χ0n) is 18.1. The first kappa shape index (κ1) is 20.5. The SMILES string of the molecule is COc1ccc([C@@H](Nc2cc(C)cc[nH+]2)c2ccc3ccc(C)nc3c2O)cc1OC. The quantitative estimate of drug-likeness (QED) is 0.481. The van der Waals surface area contributed by atoms with Crippen molar-refractivity contribution in [2.45, 2.75) is 19.9 Å². The number of hydrogen-bond donors (Lipinski definition) is 2. The van der Waals surface area contributed by atoms with E-state index in [1.807, 2.05) is 74.6 Å². The smallest absolute Gasteiger partial charge is 0.273 e. The molecule has 2 heterocycles. The van der Waals surface area contributed by atoms with Crippen molar-refractivity contribution in [3.63, 3.8) is 0 Å². The van der Waals surface area contributed by atoms with Crippen LogP contribution in [-0.4, -0.2) is 24.3 Å². The van der Waals surface area contributed by atoms with Gasteiger partial charge in [0, 0.05) is 28.3 Å². The Balaban J connectivity index is 1.88. The highest BCUT2D eigenvalue weighted by Crippen LogP contribution is 2.39. The van der Waals surface area contributed by atoms with E-state index in [0.717, 1.165) is 28.0 Å². The Morgan fingerprint density at radius 2 is 1.71 bits per heavy atom. The van der Waals surface area contributed by atoms with E-state index in [2.05, 4.69) is 15.3 Å². The largest absolute Gasteiger partial charge is 0.505 e. The van der Waals surface area contributed by atoms with Crippen molar-refractivity contribution in [2.75, 3.05) is 19.5 Å². The standard InChI is InChI=1S/C25H25N3O3/c1-15-11-12-26-22(13-15)28-23(18-8-10-20(30-3)21(14-18)31-4)19-9-7-17-6-5-16(2)27-24(17)25(19)29/h5-14,23,29H,1-4H3,(H,26,28)/p+1/t23-/m1/s1. The first-order chi connectivity index (χ1) is 15.0. The second kappa shape index (κ2) is 8.52. The summed E-state index contributed by atoms with van der Waals surface area (Å²) < 4.78 is 10.9. The number of anilines is 1. The molecular weight excluding hydrogens is 390 g/mol. The molecule has 158 valence electrons. The van der Waals surface area contributed by atoms with Gasteiger partial charge in [-0.05, 0) is 49.7 Å². The average Bonchev–Trinajstić information content (AvgIpc) is 2.78. The van der Waals surface area contributed by atoms with Crippen molar-refractivity contribution in [1.29, 1.82) is 0 Å². The van der Waals surface area contributed by atoms with Crippen LogP contribution in [-0.2, 0) is 0 Å². The maximum atomic E-state index is 11.2. The van der Waals surface area contributed by atoms with Gasteiger partial charge in [-0.25, -0.2) is 9.97 Å². The topological polar surface area (TPSA) is 77.8 Å². The summed E-state index contributed by atoms with van der Waals surface area (Å²) in [6.07, 6.45) is 1.88. The van der Waals surface area contributed by atoms with Crippen molar-refractivity contribution in [1.82, 2.24) is 4.98 Å². The molecule has 31 heavy (non-hydrogen) atoms. The third kappa shape index (κ3) is 4.10. The van der Waals surface area contributed by atoms with Crippen LogP contribution in [0.3, 0.4) is 0 Å². The lowest BCUT2D eigenvalue weighted by molar-refractivity contribution is -0.361. The number of aryl methyl sites for hydroxylation is 2. The fourth-order valence-electron chi connectivity index (χ4n) is 3.71. The fraction of sp³-hybridized carbons (Fsp3) is 0.200. The van der Waals surface area contributed by atoms with E-state index < -0.39 is 0 Å². The zero-order valence-corrected chi connectivity index (χ0v) is 18.1. The molecule has 0 unspecified atom stereocenters. The number of ether oxygens (including phenoxy) is 2. The Morgan fingerprint density at radius 3 is 2.45 bits per heavy atom. The molecule has 3 N–H and O–H groups in total. The van der Waals surface area contributed by atoms with Gasteiger partial charge >= 0.3 is 0 Å². The number of fused-ring (bicyclic) bond motifs is 1. The fourth-order valence-corrected chi connectivity index (χ4v) is 3.71. The van der Waals surface area contributed by atoms with Gasteiger partial charge in [0.15, 0.2) is 11.5 Å². The van der Waals surface area contributed by atoms with Crippen LogP contribution in [0.15, 0.2) is 60.8 Å². The molecule has 4 aromatic rings. The summed E-state index contributed by atoms with van der Waals surface area (Å²) >= 11 is 0. The highest BCUT2D eigenvalue weighted by Gasteiger charge is 2.25. The number of pyridine rings is 2. The summed E-state index contributed by atoms with van der Waals surface area (Å²) in [4.78, 5) is 7.80. The molecule has 0 aliphatic heterocycles. The molecule has 0 aliphatic rings. The van der Waals surface area contributed by atoms with Crippen molar-refractivity contribution < 1.29 is 19.6 Å². The van der Waals surface area contributed by atoms with E-state index in [1.54, 1.807) is 14.2 Å². The molecule has 0 aliphatic carbocycles. The maximum absolute atomic E-state index is 11.2. The highest BCUT2D eigenvalue weighted by molar-refractivity contribution is 5.86. The molecule has 6 nitrogen and oxygen atoms in total. The second-order valence-corrected chi connectivity index (χ2v) is 7.50. The number of H-pyrrole nitrogens is 1. The normalized spacial score (nSPS) is 11.9. The van der Waals surface area contributed by atoms with Crippen molar-refractivity contribution in [3.05, 3.63) is 83.2 Å². The van der Waals surface area contributed by atoms with Crippen molar-refractivity contribution in [3.8, 4) is 17.2 Å². The van der Waals surface area contributed by atoms with E-state index in [0.29, 0.717) is 22.6 Å². The Bertz CT molecular complexity index is 1240. The number of hydrogen-bond acceptors (Lipinski definition) is 5. The van der Waals surface area contributed by atoms with Crippen molar-refractivity contribution >= 4 is 16.7 Å². The van der Waals surface area contributed by atoms with Crippen LogP contribution in [0.2, 0.25) is 0 Å². The van der Waals surface area contributed by atoms with Gasteiger partial charge in [-0.1, -0.05) is 18.2 Å². The number of benzene rings is 2. The van der Waals surface area contributed by atoms with E-state index in [9.17, 15) is 5.11 Å². The molecule has 2 aromatic heterocycles. The maximum Gasteiger partial charge on any atom is 0.273 e. The lowest BCUT2D eigenvalue weighted by Gasteiger charge is -2.19. The van der Waals surface area contributed by atoms with Gasteiger partial charge in [-0.15, -0.1) is 0 Å². The molecule has 4 rings (SSSR count). The van der Waals surface area contributed by atoms with Gasteiger partial charge in [0.1, 0.15) is 17.3 Å². The second-order valence-electron chi connectivity index (χ2n) is 7.50. The van der Waals surface area contributed by atoms with Gasteiger partial charge in [0.2, 0.25) is 0 Å². The number of aromatic hydroxyl groups is 1. The predicted molar refractivity (Wildman–Crippen MR) is 121 cm³/mol. The van der Waals surface area contributed by atoms with Crippen LogP contribution in [0, 0.1) is 13.8 Å². The first-order valence-electron chi connectivity index (χ1n) is 10.1. The number of nitrogens with one attached hydrogen (secondary N) is 2. The minimum absolute atomic E-state index is 0.154. The molecule has 0 saturated heterocycles. The van der Waals surface area contributed by atoms with E-state index >= 15 is 0 Å². The molecule has 0 radical (unpaired) electrons. The minimum atomic E-state index is -0.357. The summed E-state index contributed by atoms with van der Waals surface area (Å²) in [6, 6.07) is 17.2. The van der Waals surface area contributed by atoms with Crippen LogP contribution < -0.4 is 19.8 Å². The Labute approximate surface area is 181 Å². The molecule has 6 heteroatoms. The third-order valence-electron chi connectivity index (χ3n) is 5.31.